The van der Waals surface area contributed by atoms with Gasteiger partial charge >= 0.3 is 0 Å². The molecule has 0 aliphatic carbocycles. The van der Waals surface area contributed by atoms with E-state index in [2.05, 4.69) is 36.5 Å². The highest BCUT2D eigenvalue weighted by Crippen LogP contribution is 2.20. The summed E-state index contributed by atoms with van der Waals surface area (Å²) in [7, 11) is 0. The summed E-state index contributed by atoms with van der Waals surface area (Å²) in [4.78, 5) is 20.0. The van der Waals surface area contributed by atoms with Gasteiger partial charge in [0.2, 0.25) is 5.91 Å². The van der Waals surface area contributed by atoms with Crippen molar-refractivity contribution in [1.82, 2.24) is 9.97 Å². The number of halogens is 2. The molecule has 0 bridgehead atoms. The average molecular weight is 370 g/mol. The van der Waals surface area contributed by atoms with Crippen LogP contribution in [0.4, 0.5) is 11.5 Å². The van der Waals surface area contributed by atoms with E-state index >= 15 is 0 Å². The summed E-state index contributed by atoms with van der Waals surface area (Å²) in [5.41, 5.74) is 1.80. The molecule has 110 valence electrons. The minimum atomic E-state index is -0.163. The number of aryl methyl sites for hydroxylation is 2. The fourth-order valence-electron chi connectivity index (χ4n) is 1.72. The van der Waals surface area contributed by atoms with Crippen LogP contribution >= 0.6 is 27.5 Å². The Hall–Kier alpha value is -1.66. The van der Waals surface area contributed by atoms with Gasteiger partial charge in [-0.15, -0.1) is 0 Å². The highest BCUT2D eigenvalue weighted by Gasteiger charge is 2.05. The van der Waals surface area contributed by atoms with Crippen molar-refractivity contribution >= 4 is 44.9 Å². The van der Waals surface area contributed by atoms with Gasteiger partial charge in [-0.2, -0.15) is 0 Å². The lowest BCUT2D eigenvalue weighted by Gasteiger charge is -2.09. The van der Waals surface area contributed by atoms with Gasteiger partial charge in [-0.25, -0.2) is 9.97 Å². The van der Waals surface area contributed by atoms with Crippen molar-refractivity contribution in [2.75, 3.05) is 17.2 Å². The number of aromatic nitrogens is 2. The Kier molecular flexibility index (Phi) is 5.14. The van der Waals surface area contributed by atoms with E-state index in [1.54, 1.807) is 13.0 Å². The van der Waals surface area contributed by atoms with Gasteiger partial charge in [-0.1, -0.05) is 27.5 Å². The Balaban J connectivity index is 1.94. The smallest absolute Gasteiger partial charge is 0.243 e. The van der Waals surface area contributed by atoms with E-state index in [9.17, 15) is 4.79 Å². The van der Waals surface area contributed by atoms with Gasteiger partial charge in [0.1, 0.15) is 16.8 Å². The van der Waals surface area contributed by atoms with E-state index in [-0.39, 0.29) is 12.5 Å². The molecule has 2 aromatic rings. The molecule has 0 fully saturated rings. The monoisotopic (exact) mass is 368 g/mol. The van der Waals surface area contributed by atoms with Gasteiger partial charge < -0.3 is 10.6 Å². The minimum Gasteiger partial charge on any atom is -0.361 e. The second kappa shape index (κ2) is 6.87. The summed E-state index contributed by atoms with van der Waals surface area (Å²) >= 11 is 9.25. The topological polar surface area (TPSA) is 66.9 Å². The highest BCUT2D eigenvalue weighted by atomic mass is 79.9. The number of hydrogen-bond donors (Lipinski definition) is 2. The molecule has 0 radical (unpaired) electrons. The van der Waals surface area contributed by atoms with Crippen LogP contribution in [0.3, 0.4) is 0 Å². The molecular weight excluding hydrogens is 356 g/mol. The second-order valence-corrected chi connectivity index (χ2v) is 5.73. The molecule has 0 aliphatic rings. The Labute approximate surface area is 136 Å². The highest BCUT2D eigenvalue weighted by molar-refractivity contribution is 9.10. The predicted octanol–water partition coefficient (Wildman–Crippen LogP) is 3.56. The summed E-state index contributed by atoms with van der Waals surface area (Å²) in [6.07, 6.45) is 0. The minimum absolute atomic E-state index is 0.0991. The number of anilines is 2. The molecule has 2 rings (SSSR count). The summed E-state index contributed by atoms with van der Waals surface area (Å²) < 4.78 is 1.00. The third kappa shape index (κ3) is 4.68. The van der Waals surface area contributed by atoms with E-state index in [1.165, 1.54) is 0 Å². The first-order valence-electron chi connectivity index (χ1n) is 6.25. The van der Waals surface area contributed by atoms with Crippen LogP contribution in [0.2, 0.25) is 5.15 Å². The van der Waals surface area contributed by atoms with E-state index in [0.29, 0.717) is 16.8 Å². The molecule has 1 amide bonds. The number of rotatable bonds is 4. The zero-order chi connectivity index (χ0) is 15.4. The fraction of sp³-hybridized carbons (Fsp3) is 0.214. The van der Waals surface area contributed by atoms with Crippen LogP contribution in [0.25, 0.3) is 0 Å². The van der Waals surface area contributed by atoms with Gasteiger partial charge in [0, 0.05) is 16.2 Å². The third-order valence-corrected chi connectivity index (χ3v) is 3.76. The van der Waals surface area contributed by atoms with Crippen LogP contribution in [0.5, 0.6) is 0 Å². The van der Waals surface area contributed by atoms with Crippen LogP contribution in [0.15, 0.2) is 28.7 Å². The molecule has 0 atom stereocenters. The van der Waals surface area contributed by atoms with Crippen LogP contribution in [0.1, 0.15) is 11.4 Å². The van der Waals surface area contributed by atoms with Gasteiger partial charge in [0.05, 0.1) is 6.54 Å². The fourth-order valence-corrected chi connectivity index (χ4v) is 2.19. The maximum atomic E-state index is 11.9. The quantitative estimate of drug-likeness (QED) is 0.809. The summed E-state index contributed by atoms with van der Waals surface area (Å²) in [6.45, 7) is 3.80. The molecule has 1 aromatic heterocycles. The lowest BCUT2D eigenvalue weighted by molar-refractivity contribution is -0.114. The van der Waals surface area contributed by atoms with Gasteiger partial charge in [0.25, 0.3) is 0 Å². The van der Waals surface area contributed by atoms with E-state index < -0.39 is 0 Å². The average Bonchev–Trinajstić information content (AvgIpc) is 2.40. The van der Waals surface area contributed by atoms with Crippen LogP contribution in [-0.4, -0.2) is 22.4 Å². The van der Waals surface area contributed by atoms with Crippen molar-refractivity contribution in [2.24, 2.45) is 0 Å². The zero-order valence-electron chi connectivity index (χ0n) is 11.6. The van der Waals surface area contributed by atoms with Crippen molar-refractivity contribution in [3.63, 3.8) is 0 Å². The zero-order valence-corrected chi connectivity index (χ0v) is 13.9. The lowest BCUT2D eigenvalue weighted by Crippen LogP contribution is -2.22. The Morgan fingerprint density at radius 2 is 2.05 bits per heavy atom. The molecule has 1 heterocycles. The Morgan fingerprint density at radius 3 is 2.71 bits per heavy atom. The molecule has 0 unspecified atom stereocenters. The Morgan fingerprint density at radius 1 is 1.29 bits per heavy atom. The third-order valence-electron chi connectivity index (χ3n) is 2.68. The number of nitrogens with zero attached hydrogens (tertiary/aromatic N) is 2. The van der Waals surface area contributed by atoms with E-state index in [4.69, 9.17) is 11.6 Å². The van der Waals surface area contributed by atoms with Crippen LogP contribution in [-0.2, 0) is 4.79 Å². The maximum absolute atomic E-state index is 11.9. The van der Waals surface area contributed by atoms with Gasteiger partial charge in [-0.3, -0.25) is 4.79 Å². The maximum Gasteiger partial charge on any atom is 0.243 e. The summed E-state index contributed by atoms with van der Waals surface area (Å²) in [5.74, 6) is 0.910. The van der Waals surface area contributed by atoms with Crippen molar-refractivity contribution in [1.29, 1.82) is 0 Å². The van der Waals surface area contributed by atoms with Crippen LogP contribution < -0.4 is 10.6 Å². The second-order valence-electron chi connectivity index (χ2n) is 4.49. The SMILES string of the molecule is Cc1nc(Cl)cc(NCC(=O)Nc2ccc(Br)c(C)c2)n1. The molecule has 0 spiro atoms. The normalized spacial score (nSPS) is 10.3. The molecule has 21 heavy (non-hydrogen) atoms. The van der Waals surface area contributed by atoms with Gasteiger partial charge in [0.15, 0.2) is 0 Å². The molecular formula is C14H14BrClN4O. The number of carbonyl (C=O) groups excluding carboxylic acids is 1. The first-order valence-corrected chi connectivity index (χ1v) is 7.42. The van der Waals surface area contributed by atoms with Crippen molar-refractivity contribution in [3.8, 4) is 0 Å². The largest absolute Gasteiger partial charge is 0.361 e. The molecule has 1 aromatic carbocycles. The van der Waals surface area contributed by atoms with E-state index in [0.717, 1.165) is 15.7 Å². The Bertz CT molecular complexity index is 658. The first kappa shape index (κ1) is 15.7. The lowest BCUT2D eigenvalue weighted by atomic mass is 10.2. The van der Waals surface area contributed by atoms with E-state index in [1.807, 2.05) is 25.1 Å². The first-order chi connectivity index (χ1) is 9.94. The number of hydrogen-bond acceptors (Lipinski definition) is 4. The summed E-state index contributed by atoms with van der Waals surface area (Å²) in [5, 5.41) is 6.07. The summed E-state index contributed by atoms with van der Waals surface area (Å²) in [6, 6.07) is 7.20. The van der Waals surface area contributed by atoms with Crippen molar-refractivity contribution < 1.29 is 4.79 Å². The molecule has 0 saturated heterocycles. The van der Waals surface area contributed by atoms with Crippen molar-refractivity contribution in [3.05, 3.63) is 45.3 Å². The molecule has 0 saturated carbocycles. The van der Waals surface area contributed by atoms with Crippen molar-refractivity contribution in [2.45, 2.75) is 13.8 Å². The number of carbonyl (C=O) groups is 1. The molecule has 7 heteroatoms. The standard InChI is InChI=1S/C14H14BrClN4O/c1-8-5-10(3-4-11(8)15)20-14(21)7-17-13-6-12(16)18-9(2)19-13/h3-6H,7H2,1-2H3,(H,20,21)(H,17,18,19). The molecule has 2 N–H and O–H groups in total. The number of nitrogens with one attached hydrogen (secondary N) is 2. The number of benzene rings is 1. The van der Waals surface area contributed by atoms with Crippen LogP contribution in [0, 0.1) is 13.8 Å². The number of amides is 1. The predicted molar refractivity (Wildman–Crippen MR) is 87.8 cm³/mol. The van der Waals surface area contributed by atoms with Gasteiger partial charge in [-0.05, 0) is 37.6 Å². The molecule has 5 nitrogen and oxygen atoms in total. The molecule has 0 aliphatic heterocycles.